The Balaban J connectivity index is 3.29. The van der Waals surface area contributed by atoms with Crippen molar-refractivity contribution in [1.29, 1.82) is 0 Å². The topological polar surface area (TPSA) is 98.3 Å². The van der Waals surface area contributed by atoms with Crippen LogP contribution >= 0.6 is 11.6 Å². The molecule has 10 heteroatoms. The van der Waals surface area contributed by atoms with E-state index in [0.717, 1.165) is 0 Å². The van der Waals surface area contributed by atoms with Gasteiger partial charge in [0.1, 0.15) is 6.54 Å². The highest BCUT2D eigenvalue weighted by molar-refractivity contribution is 6.31. The van der Waals surface area contributed by atoms with Crippen LogP contribution in [0.25, 0.3) is 0 Å². The first-order chi connectivity index (χ1) is 7.34. The molecule has 0 aliphatic heterocycles. The summed E-state index contributed by atoms with van der Waals surface area (Å²) in [5, 5.41) is 21.2. The molecule has 0 bridgehead atoms. The molecule has 0 radical (unpaired) electrons. The largest absolute Gasteiger partial charge is 0.480 e. The lowest BCUT2D eigenvalue weighted by atomic mass is 10.4. The van der Waals surface area contributed by atoms with Gasteiger partial charge in [0.25, 0.3) is 6.43 Å². The van der Waals surface area contributed by atoms with Gasteiger partial charge in [-0.2, -0.15) is 5.10 Å². The van der Waals surface area contributed by atoms with Crippen molar-refractivity contribution in [2.45, 2.75) is 13.0 Å². The number of hydrogen-bond acceptors (Lipinski definition) is 4. The molecule has 0 aliphatic rings. The van der Waals surface area contributed by atoms with Gasteiger partial charge >= 0.3 is 11.7 Å². The van der Waals surface area contributed by atoms with Crippen molar-refractivity contribution >= 4 is 23.3 Å². The Kier molecular flexibility index (Phi) is 3.38. The summed E-state index contributed by atoms with van der Waals surface area (Å²) < 4.78 is 25.1. The van der Waals surface area contributed by atoms with Crippen molar-refractivity contribution in [2.75, 3.05) is 0 Å². The quantitative estimate of drug-likeness (QED) is 0.649. The minimum absolute atomic E-state index is 0.434. The van der Waals surface area contributed by atoms with Crippen molar-refractivity contribution in [1.82, 2.24) is 9.78 Å². The number of nitrogens with zero attached hydrogens (tertiary/aromatic N) is 3. The third kappa shape index (κ3) is 2.24. The fourth-order valence-electron chi connectivity index (χ4n) is 0.998. The standard InChI is InChI=1S/C6H4ClF2N3O4/c7-5-4(12(15)16)3(6(8)9)10-11(5)1-2(13)14/h6H,1H2,(H,13,14). The molecular formula is C6H4ClF2N3O4. The minimum Gasteiger partial charge on any atom is -0.480 e. The van der Waals surface area contributed by atoms with Gasteiger partial charge in [-0.15, -0.1) is 0 Å². The molecule has 0 atom stereocenters. The van der Waals surface area contributed by atoms with Gasteiger partial charge in [0.05, 0.1) is 4.92 Å². The highest BCUT2D eigenvalue weighted by Gasteiger charge is 2.32. The lowest BCUT2D eigenvalue weighted by Gasteiger charge is -1.95. The van der Waals surface area contributed by atoms with Crippen LogP contribution < -0.4 is 0 Å². The molecular weight excluding hydrogens is 252 g/mol. The van der Waals surface area contributed by atoms with Gasteiger partial charge < -0.3 is 5.11 Å². The van der Waals surface area contributed by atoms with Gasteiger partial charge in [-0.25, -0.2) is 13.5 Å². The van der Waals surface area contributed by atoms with Gasteiger partial charge in [0.2, 0.25) is 10.8 Å². The number of halogens is 3. The van der Waals surface area contributed by atoms with Gasteiger partial charge in [-0.3, -0.25) is 14.9 Å². The molecule has 7 nitrogen and oxygen atoms in total. The van der Waals surface area contributed by atoms with E-state index in [1.807, 2.05) is 0 Å². The number of nitro groups is 1. The second kappa shape index (κ2) is 4.39. The Bertz CT molecular complexity index is 447. The number of carboxylic acid groups (broad SMARTS) is 1. The molecule has 1 heterocycles. The predicted octanol–water partition coefficient (Wildman–Crippen LogP) is 1.47. The van der Waals surface area contributed by atoms with Crippen molar-refractivity contribution in [2.24, 2.45) is 0 Å². The van der Waals surface area contributed by atoms with E-state index < -0.39 is 40.4 Å². The van der Waals surface area contributed by atoms with Crippen LogP contribution in [0.3, 0.4) is 0 Å². The van der Waals surface area contributed by atoms with E-state index >= 15 is 0 Å². The van der Waals surface area contributed by atoms with E-state index in [2.05, 4.69) is 5.10 Å². The van der Waals surface area contributed by atoms with E-state index in [1.54, 1.807) is 0 Å². The first kappa shape index (κ1) is 12.3. The molecule has 0 fully saturated rings. The van der Waals surface area contributed by atoms with Crippen LogP contribution in [0.5, 0.6) is 0 Å². The van der Waals surface area contributed by atoms with Gasteiger partial charge in [-0.05, 0) is 0 Å². The summed E-state index contributed by atoms with van der Waals surface area (Å²) >= 11 is 5.37. The van der Waals surface area contributed by atoms with Crippen molar-refractivity contribution in [3.05, 3.63) is 21.0 Å². The zero-order valence-electron chi connectivity index (χ0n) is 7.43. The molecule has 0 aliphatic carbocycles. The highest BCUT2D eigenvalue weighted by Crippen LogP contribution is 2.34. The molecule has 0 amide bonds. The smallest absolute Gasteiger partial charge is 0.335 e. The minimum atomic E-state index is -3.20. The Hall–Kier alpha value is -1.77. The Morgan fingerprint density at radius 1 is 1.69 bits per heavy atom. The van der Waals surface area contributed by atoms with Gasteiger partial charge in [-0.1, -0.05) is 11.6 Å². The predicted molar refractivity (Wildman–Crippen MR) is 46.5 cm³/mol. The summed E-state index contributed by atoms with van der Waals surface area (Å²) in [5.74, 6) is -1.40. The van der Waals surface area contributed by atoms with Crippen LogP contribution in [-0.2, 0) is 11.3 Å². The normalized spacial score (nSPS) is 10.8. The molecule has 88 valence electrons. The summed E-state index contributed by atoms with van der Waals surface area (Å²) in [6.07, 6.45) is -3.20. The fourth-order valence-corrected chi connectivity index (χ4v) is 1.26. The second-order valence-electron chi connectivity index (χ2n) is 2.63. The zero-order chi connectivity index (χ0) is 12.5. The number of carbonyl (C=O) groups is 1. The van der Waals surface area contributed by atoms with Gasteiger partial charge in [0.15, 0.2) is 0 Å². The van der Waals surface area contributed by atoms with Crippen LogP contribution in [0.4, 0.5) is 14.5 Å². The third-order valence-electron chi connectivity index (χ3n) is 1.57. The number of rotatable bonds is 4. The number of carboxylic acids is 1. The molecule has 0 aromatic carbocycles. The number of hydrogen-bond donors (Lipinski definition) is 1. The highest BCUT2D eigenvalue weighted by atomic mass is 35.5. The number of aliphatic carboxylic acids is 1. The fraction of sp³-hybridized carbons (Fsp3) is 0.333. The van der Waals surface area contributed by atoms with Crippen LogP contribution in [-0.4, -0.2) is 25.8 Å². The SMILES string of the molecule is O=C(O)Cn1nc(C(F)F)c([N+](=O)[O-])c1Cl. The van der Waals surface area contributed by atoms with Crippen LogP contribution in [0.2, 0.25) is 5.15 Å². The summed E-state index contributed by atoms with van der Waals surface area (Å²) in [6.45, 7) is -0.827. The molecule has 16 heavy (non-hydrogen) atoms. The zero-order valence-corrected chi connectivity index (χ0v) is 8.19. The average Bonchev–Trinajstić information content (AvgIpc) is 2.43. The average molecular weight is 256 g/mol. The van der Waals surface area contributed by atoms with Crippen LogP contribution in [0.1, 0.15) is 12.1 Å². The van der Waals surface area contributed by atoms with Crippen molar-refractivity contribution < 1.29 is 23.6 Å². The summed E-state index contributed by atoms with van der Waals surface area (Å²) in [5.41, 5.74) is -2.21. The summed E-state index contributed by atoms with van der Waals surface area (Å²) in [4.78, 5) is 19.6. The van der Waals surface area contributed by atoms with Crippen LogP contribution in [0.15, 0.2) is 0 Å². The maximum Gasteiger partial charge on any atom is 0.335 e. The van der Waals surface area contributed by atoms with E-state index in [4.69, 9.17) is 16.7 Å². The molecule has 1 rings (SSSR count). The lowest BCUT2D eigenvalue weighted by Crippen LogP contribution is -2.10. The molecule has 1 aromatic rings. The van der Waals surface area contributed by atoms with Crippen LogP contribution in [0, 0.1) is 10.1 Å². The molecule has 0 saturated carbocycles. The molecule has 1 aromatic heterocycles. The van der Waals surface area contributed by atoms with E-state index in [9.17, 15) is 23.7 Å². The molecule has 1 N–H and O–H groups in total. The van der Waals surface area contributed by atoms with Crippen molar-refractivity contribution in [3.63, 3.8) is 0 Å². The first-order valence-corrected chi connectivity index (χ1v) is 4.13. The maximum atomic E-state index is 12.3. The Morgan fingerprint density at radius 3 is 2.56 bits per heavy atom. The maximum absolute atomic E-state index is 12.3. The van der Waals surface area contributed by atoms with E-state index in [-0.39, 0.29) is 0 Å². The molecule has 0 spiro atoms. The first-order valence-electron chi connectivity index (χ1n) is 3.75. The summed E-state index contributed by atoms with van der Waals surface area (Å²) in [7, 11) is 0. The van der Waals surface area contributed by atoms with E-state index in [1.165, 1.54) is 0 Å². The lowest BCUT2D eigenvalue weighted by molar-refractivity contribution is -0.386. The van der Waals surface area contributed by atoms with Gasteiger partial charge in [0, 0.05) is 0 Å². The number of aromatic nitrogens is 2. The molecule has 0 unspecified atom stereocenters. The summed E-state index contributed by atoms with van der Waals surface area (Å²) in [6, 6.07) is 0. The third-order valence-corrected chi connectivity index (χ3v) is 1.94. The van der Waals surface area contributed by atoms with Crippen molar-refractivity contribution in [3.8, 4) is 0 Å². The monoisotopic (exact) mass is 255 g/mol. The Morgan fingerprint density at radius 2 is 2.25 bits per heavy atom. The number of alkyl halides is 2. The molecule has 0 saturated heterocycles. The van der Waals surface area contributed by atoms with E-state index in [0.29, 0.717) is 4.68 Å². The Labute approximate surface area is 91.4 Å². The second-order valence-corrected chi connectivity index (χ2v) is 2.99.